The average Bonchev–Trinajstić information content (AvgIpc) is 3.38. The quantitative estimate of drug-likeness (QED) is 0.416. The van der Waals surface area contributed by atoms with Crippen LogP contribution in [-0.4, -0.2) is 29.7 Å². The Morgan fingerprint density at radius 3 is 2.59 bits per heavy atom. The van der Waals surface area contributed by atoms with Crippen LogP contribution in [0.2, 0.25) is 0 Å². The number of hydrogen-bond acceptors (Lipinski definition) is 7. The van der Waals surface area contributed by atoms with Crippen LogP contribution in [0.25, 0.3) is 33.5 Å². The maximum atomic E-state index is 9.08. The van der Waals surface area contributed by atoms with Crippen LogP contribution < -0.4 is 0 Å². The lowest BCUT2D eigenvalue weighted by Crippen LogP contribution is -2.08. The molecule has 0 aromatic carbocycles. The monoisotopic (exact) mass is 421 g/mol. The van der Waals surface area contributed by atoms with Crippen molar-refractivity contribution in [2.24, 2.45) is 0 Å². The Hall–Kier alpha value is -4.38. The summed E-state index contributed by atoms with van der Waals surface area (Å²) >= 11 is 0. The smallest absolute Gasteiger partial charge is 0.160 e. The van der Waals surface area contributed by atoms with Crippen molar-refractivity contribution in [1.82, 2.24) is 29.7 Å². The van der Waals surface area contributed by atoms with Crippen molar-refractivity contribution in [3.63, 3.8) is 0 Å². The van der Waals surface area contributed by atoms with Gasteiger partial charge in [0, 0.05) is 29.7 Å². The molecule has 0 amide bonds. The van der Waals surface area contributed by atoms with Gasteiger partial charge in [-0.1, -0.05) is 11.2 Å². The molecule has 0 fully saturated rings. The van der Waals surface area contributed by atoms with E-state index in [-0.39, 0.29) is 6.04 Å². The summed E-state index contributed by atoms with van der Waals surface area (Å²) in [6.07, 6.45) is 7.23. The fourth-order valence-corrected chi connectivity index (χ4v) is 3.87. The zero-order valence-electron chi connectivity index (χ0n) is 17.8. The van der Waals surface area contributed by atoms with Crippen molar-refractivity contribution in [3.05, 3.63) is 78.0 Å². The standard InChI is InChI=1S/C24H19N7O/c1-14-22(16(3)32-30-14)21-12-28-23-19(17-7-8-18(10-25)27-11-17)13-31(24(23)29-21)15(2)20-6-4-5-9-26-20/h4-9,11-13,15H,1-3H3/t15-/m0/s1. The van der Waals surface area contributed by atoms with Crippen LogP contribution in [-0.2, 0) is 0 Å². The lowest BCUT2D eigenvalue weighted by Gasteiger charge is -2.14. The van der Waals surface area contributed by atoms with Gasteiger partial charge < -0.3 is 9.09 Å². The minimum atomic E-state index is -0.0759. The van der Waals surface area contributed by atoms with Gasteiger partial charge in [-0.15, -0.1) is 0 Å². The molecule has 0 aliphatic heterocycles. The van der Waals surface area contributed by atoms with Crippen LogP contribution in [0.1, 0.15) is 35.8 Å². The molecule has 5 heterocycles. The largest absolute Gasteiger partial charge is 0.361 e. The molecular formula is C24H19N7O. The van der Waals surface area contributed by atoms with Gasteiger partial charge >= 0.3 is 0 Å². The highest BCUT2D eigenvalue weighted by molar-refractivity contribution is 5.92. The average molecular weight is 421 g/mol. The molecule has 0 bridgehead atoms. The van der Waals surface area contributed by atoms with E-state index in [0.29, 0.717) is 17.1 Å². The van der Waals surface area contributed by atoms with Crippen LogP contribution in [0.5, 0.6) is 0 Å². The van der Waals surface area contributed by atoms with E-state index >= 15 is 0 Å². The minimum absolute atomic E-state index is 0.0759. The molecule has 0 saturated carbocycles. The van der Waals surface area contributed by atoms with Crippen molar-refractivity contribution in [2.75, 3.05) is 0 Å². The second-order valence-corrected chi connectivity index (χ2v) is 7.55. The van der Waals surface area contributed by atoms with E-state index in [9.17, 15) is 0 Å². The van der Waals surface area contributed by atoms with Crippen LogP contribution in [0.4, 0.5) is 0 Å². The molecule has 0 aliphatic rings. The first-order valence-electron chi connectivity index (χ1n) is 10.1. The van der Waals surface area contributed by atoms with Gasteiger partial charge in [-0.05, 0) is 45.0 Å². The fraction of sp³-hybridized carbons (Fsp3) is 0.167. The van der Waals surface area contributed by atoms with E-state index in [0.717, 1.165) is 39.2 Å². The molecule has 5 aromatic rings. The van der Waals surface area contributed by atoms with Crippen molar-refractivity contribution in [2.45, 2.75) is 26.8 Å². The number of pyridine rings is 2. The van der Waals surface area contributed by atoms with Crippen molar-refractivity contribution in [3.8, 4) is 28.5 Å². The lowest BCUT2D eigenvalue weighted by molar-refractivity contribution is 0.393. The number of nitrogens with zero attached hydrogens (tertiary/aromatic N) is 7. The molecule has 0 saturated heterocycles. The summed E-state index contributed by atoms with van der Waals surface area (Å²) < 4.78 is 7.41. The van der Waals surface area contributed by atoms with E-state index < -0.39 is 0 Å². The number of aromatic nitrogens is 6. The molecule has 0 N–H and O–H groups in total. The van der Waals surface area contributed by atoms with Gasteiger partial charge in [0.1, 0.15) is 23.0 Å². The molecule has 8 nitrogen and oxygen atoms in total. The zero-order chi connectivity index (χ0) is 22.2. The van der Waals surface area contributed by atoms with Crippen molar-refractivity contribution >= 4 is 11.2 Å². The van der Waals surface area contributed by atoms with E-state index in [1.807, 2.05) is 44.3 Å². The zero-order valence-corrected chi connectivity index (χ0v) is 17.8. The molecule has 1 atom stereocenters. The summed E-state index contributed by atoms with van der Waals surface area (Å²) in [5.41, 5.74) is 6.81. The summed E-state index contributed by atoms with van der Waals surface area (Å²) in [4.78, 5) is 18.5. The molecule has 5 aromatic heterocycles. The maximum Gasteiger partial charge on any atom is 0.160 e. The van der Waals surface area contributed by atoms with Gasteiger partial charge in [0.25, 0.3) is 0 Å². The lowest BCUT2D eigenvalue weighted by atomic mass is 10.1. The van der Waals surface area contributed by atoms with E-state index in [1.54, 1.807) is 24.7 Å². The summed E-state index contributed by atoms with van der Waals surface area (Å²) in [5, 5.41) is 13.1. The summed E-state index contributed by atoms with van der Waals surface area (Å²) in [6, 6.07) is 11.4. The fourth-order valence-electron chi connectivity index (χ4n) is 3.87. The number of nitriles is 1. The van der Waals surface area contributed by atoms with E-state index in [1.165, 1.54) is 0 Å². The second kappa shape index (κ2) is 7.71. The molecule has 156 valence electrons. The number of hydrogen-bond donors (Lipinski definition) is 0. The van der Waals surface area contributed by atoms with Crippen LogP contribution in [0.3, 0.4) is 0 Å². The summed E-state index contributed by atoms with van der Waals surface area (Å²) in [5.74, 6) is 0.698. The van der Waals surface area contributed by atoms with Crippen LogP contribution in [0.15, 0.2) is 59.6 Å². The van der Waals surface area contributed by atoms with Gasteiger partial charge in [0.2, 0.25) is 0 Å². The third-order valence-electron chi connectivity index (χ3n) is 5.53. The SMILES string of the molecule is Cc1noc(C)c1-c1cnc2c(-c3ccc(C#N)nc3)cn([C@@H](C)c3ccccn3)c2n1. The Balaban J connectivity index is 1.74. The maximum absolute atomic E-state index is 9.08. The minimum Gasteiger partial charge on any atom is -0.361 e. The molecule has 5 rings (SSSR count). The van der Waals surface area contributed by atoms with E-state index in [2.05, 4.69) is 32.7 Å². The Labute approximate surface area is 184 Å². The van der Waals surface area contributed by atoms with Crippen molar-refractivity contribution < 1.29 is 4.52 Å². The predicted octanol–water partition coefficient (Wildman–Crippen LogP) is 4.64. The summed E-state index contributed by atoms with van der Waals surface area (Å²) in [7, 11) is 0. The second-order valence-electron chi connectivity index (χ2n) is 7.55. The highest BCUT2D eigenvalue weighted by Gasteiger charge is 2.21. The summed E-state index contributed by atoms with van der Waals surface area (Å²) in [6.45, 7) is 5.83. The third-order valence-corrected chi connectivity index (χ3v) is 5.53. The van der Waals surface area contributed by atoms with Crippen LogP contribution >= 0.6 is 0 Å². The molecule has 0 aliphatic carbocycles. The van der Waals surface area contributed by atoms with Gasteiger partial charge in [0.05, 0.1) is 34.9 Å². The van der Waals surface area contributed by atoms with Gasteiger partial charge in [-0.2, -0.15) is 5.26 Å². The van der Waals surface area contributed by atoms with Crippen molar-refractivity contribution in [1.29, 1.82) is 5.26 Å². The molecule has 0 radical (unpaired) electrons. The molecule has 0 spiro atoms. The Morgan fingerprint density at radius 1 is 1.06 bits per heavy atom. The normalized spacial score (nSPS) is 12.1. The van der Waals surface area contributed by atoms with E-state index in [4.69, 9.17) is 19.8 Å². The first kappa shape index (κ1) is 19.6. The first-order valence-corrected chi connectivity index (χ1v) is 10.1. The molecule has 32 heavy (non-hydrogen) atoms. The number of rotatable bonds is 4. The van der Waals surface area contributed by atoms with Gasteiger partial charge in [-0.25, -0.2) is 15.0 Å². The van der Waals surface area contributed by atoms with Gasteiger partial charge in [0.15, 0.2) is 5.65 Å². The molecule has 0 unspecified atom stereocenters. The van der Waals surface area contributed by atoms with Gasteiger partial charge in [-0.3, -0.25) is 4.98 Å². The Kier molecular flexibility index (Phi) is 4.71. The highest BCUT2D eigenvalue weighted by atomic mass is 16.5. The number of aryl methyl sites for hydroxylation is 2. The third kappa shape index (κ3) is 3.20. The highest BCUT2D eigenvalue weighted by Crippen LogP contribution is 2.34. The Bertz CT molecular complexity index is 1440. The molecule has 8 heteroatoms. The van der Waals surface area contributed by atoms with Crippen LogP contribution in [0, 0.1) is 25.2 Å². The molecular weight excluding hydrogens is 402 g/mol. The Morgan fingerprint density at radius 2 is 1.94 bits per heavy atom. The number of fused-ring (bicyclic) bond motifs is 1. The topological polar surface area (TPSA) is 106 Å². The first-order chi connectivity index (χ1) is 15.6. The predicted molar refractivity (Wildman–Crippen MR) is 118 cm³/mol.